The van der Waals surface area contributed by atoms with Gasteiger partial charge in [0.2, 0.25) is 0 Å². The van der Waals surface area contributed by atoms with Gasteiger partial charge in [0.05, 0.1) is 6.07 Å². The maximum atomic E-state index is 8.35. The molecule has 0 saturated carbocycles. The smallest absolute Gasteiger partial charge is 0.0952 e. The molecule has 1 unspecified atom stereocenters. The van der Waals surface area contributed by atoms with Gasteiger partial charge in [-0.1, -0.05) is 6.92 Å². The van der Waals surface area contributed by atoms with Gasteiger partial charge in [-0.2, -0.15) is 5.26 Å². The number of nitriles is 1. The molecule has 0 aromatic carbocycles. The fourth-order valence-electron chi connectivity index (χ4n) is 0.676. The summed E-state index contributed by atoms with van der Waals surface area (Å²) in [6.45, 7) is 2.13. The molecule has 42 valence electrons. The zero-order chi connectivity index (χ0) is 5.98. The van der Waals surface area contributed by atoms with E-state index in [1.807, 2.05) is 5.41 Å². The molecule has 0 amide bonds. The molecule has 0 N–H and O–H groups in total. The molecule has 1 nitrogen and oxygen atoms in total. The van der Waals surface area contributed by atoms with Gasteiger partial charge in [-0.3, -0.25) is 0 Å². The Morgan fingerprint density at radius 3 is 3.00 bits per heavy atom. The van der Waals surface area contributed by atoms with Crippen LogP contribution in [0.3, 0.4) is 0 Å². The van der Waals surface area contributed by atoms with Gasteiger partial charge in [0, 0.05) is 10.8 Å². The Morgan fingerprint density at radius 2 is 2.75 bits per heavy atom. The van der Waals surface area contributed by atoms with Crippen LogP contribution in [-0.4, -0.2) is 5.25 Å². The first-order valence-corrected chi connectivity index (χ1v) is 3.52. The molecular formula is C6H7NS. The van der Waals surface area contributed by atoms with E-state index in [0.717, 1.165) is 12.0 Å². The Bertz CT molecular complexity index is 154. The first kappa shape index (κ1) is 5.71. The van der Waals surface area contributed by atoms with Crippen LogP contribution in [0.5, 0.6) is 0 Å². The molecule has 8 heavy (non-hydrogen) atoms. The fourth-order valence-corrected chi connectivity index (χ4v) is 1.50. The van der Waals surface area contributed by atoms with Gasteiger partial charge in [0.15, 0.2) is 0 Å². The Morgan fingerprint density at radius 1 is 2.00 bits per heavy atom. The normalized spacial score (nSPS) is 27.0. The minimum atomic E-state index is 0.629. The summed E-state index contributed by atoms with van der Waals surface area (Å²) in [4.78, 5) is 0. The highest BCUT2D eigenvalue weighted by Crippen LogP contribution is 2.28. The summed E-state index contributed by atoms with van der Waals surface area (Å²) < 4.78 is 0. The van der Waals surface area contributed by atoms with E-state index in [2.05, 4.69) is 13.0 Å². The summed E-state index contributed by atoms with van der Waals surface area (Å²) in [6, 6.07) is 2.13. The Balaban J connectivity index is 2.53. The first-order chi connectivity index (χ1) is 3.83. The van der Waals surface area contributed by atoms with Gasteiger partial charge >= 0.3 is 0 Å². The number of thioether (sulfide) groups is 1. The standard InChI is InChI=1S/C6H7NS/c1-5-2-6(3-7)4-8-5/h4-5H,2H2,1H3. The summed E-state index contributed by atoms with van der Waals surface area (Å²) in [6.07, 6.45) is 0.959. The van der Waals surface area contributed by atoms with E-state index in [4.69, 9.17) is 5.26 Å². The molecule has 1 atom stereocenters. The Kier molecular flexibility index (Phi) is 1.59. The summed E-state index contributed by atoms with van der Waals surface area (Å²) in [5.74, 6) is 0. The van der Waals surface area contributed by atoms with Crippen molar-refractivity contribution in [2.75, 3.05) is 0 Å². The molecule has 0 radical (unpaired) electrons. The van der Waals surface area contributed by atoms with E-state index in [-0.39, 0.29) is 0 Å². The van der Waals surface area contributed by atoms with Gasteiger partial charge in [-0.15, -0.1) is 11.8 Å². The summed E-state index contributed by atoms with van der Waals surface area (Å²) in [7, 11) is 0. The lowest BCUT2D eigenvalue weighted by molar-refractivity contribution is 0.973. The number of hydrogen-bond donors (Lipinski definition) is 0. The highest BCUT2D eigenvalue weighted by molar-refractivity contribution is 8.03. The topological polar surface area (TPSA) is 23.8 Å². The SMILES string of the molecule is CC1CC(C#N)=CS1. The molecule has 1 heterocycles. The second kappa shape index (κ2) is 2.23. The zero-order valence-corrected chi connectivity index (χ0v) is 5.53. The fraction of sp³-hybridized carbons (Fsp3) is 0.500. The first-order valence-electron chi connectivity index (χ1n) is 2.57. The van der Waals surface area contributed by atoms with Crippen LogP contribution < -0.4 is 0 Å². The molecule has 1 rings (SSSR count). The molecule has 1 aliphatic rings. The van der Waals surface area contributed by atoms with E-state index in [0.29, 0.717) is 5.25 Å². The molecule has 0 bridgehead atoms. The molecule has 0 spiro atoms. The van der Waals surface area contributed by atoms with Crippen LogP contribution in [0.1, 0.15) is 13.3 Å². The van der Waals surface area contributed by atoms with Crippen molar-refractivity contribution in [3.63, 3.8) is 0 Å². The number of nitrogens with zero attached hydrogens (tertiary/aromatic N) is 1. The molecule has 0 fully saturated rings. The van der Waals surface area contributed by atoms with Crippen molar-refractivity contribution >= 4 is 11.8 Å². The maximum Gasteiger partial charge on any atom is 0.0952 e. The third kappa shape index (κ3) is 1.05. The molecule has 0 aromatic heterocycles. The minimum Gasteiger partial charge on any atom is -0.193 e. The van der Waals surface area contributed by atoms with Crippen molar-refractivity contribution in [2.45, 2.75) is 18.6 Å². The molecule has 0 aliphatic carbocycles. The summed E-state index contributed by atoms with van der Waals surface area (Å²) >= 11 is 1.75. The van der Waals surface area contributed by atoms with Crippen LogP contribution in [0.4, 0.5) is 0 Å². The lowest BCUT2D eigenvalue weighted by Gasteiger charge is -1.93. The van der Waals surface area contributed by atoms with E-state index in [1.165, 1.54) is 0 Å². The van der Waals surface area contributed by atoms with Crippen LogP contribution in [-0.2, 0) is 0 Å². The van der Waals surface area contributed by atoms with Crippen LogP contribution in [0.2, 0.25) is 0 Å². The van der Waals surface area contributed by atoms with Crippen LogP contribution in [0.25, 0.3) is 0 Å². The highest BCUT2D eigenvalue weighted by atomic mass is 32.2. The predicted octanol–water partition coefficient (Wildman–Crippen LogP) is 1.92. The van der Waals surface area contributed by atoms with Gasteiger partial charge in [0.25, 0.3) is 0 Å². The van der Waals surface area contributed by atoms with Crippen molar-refractivity contribution in [1.82, 2.24) is 0 Å². The van der Waals surface area contributed by atoms with Crippen molar-refractivity contribution in [3.05, 3.63) is 11.0 Å². The van der Waals surface area contributed by atoms with Gasteiger partial charge in [-0.05, 0) is 11.8 Å². The van der Waals surface area contributed by atoms with Gasteiger partial charge in [0.1, 0.15) is 0 Å². The van der Waals surface area contributed by atoms with Crippen LogP contribution in [0, 0.1) is 11.3 Å². The van der Waals surface area contributed by atoms with Gasteiger partial charge < -0.3 is 0 Å². The quantitative estimate of drug-likeness (QED) is 0.494. The molecule has 0 saturated heterocycles. The number of hydrogen-bond acceptors (Lipinski definition) is 2. The third-order valence-electron chi connectivity index (χ3n) is 1.09. The number of allylic oxidation sites excluding steroid dienone is 1. The monoisotopic (exact) mass is 125 g/mol. The lowest BCUT2D eigenvalue weighted by atomic mass is 10.2. The second-order valence-electron chi connectivity index (χ2n) is 1.91. The van der Waals surface area contributed by atoms with E-state index in [9.17, 15) is 0 Å². The van der Waals surface area contributed by atoms with Crippen molar-refractivity contribution in [2.24, 2.45) is 0 Å². The summed E-state index contributed by atoms with van der Waals surface area (Å²) in [5, 5.41) is 10.9. The molecular weight excluding hydrogens is 118 g/mol. The molecule has 0 aromatic rings. The van der Waals surface area contributed by atoms with Crippen molar-refractivity contribution in [1.29, 1.82) is 5.26 Å². The number of rotatable bonds is 0. The Hall–Kier alpha value is -0.420. The largest absolute Gasteiger partial charge is 0.193 e. The zero-order valence-electron chi connectivity index (χ0n) is 4.72. The summed E-state index contributed by atoms with van der Waals surface area (Å²) in [5.41, 5.74) is 0.933. The molecule has 2 heteroatoms. The molecule has 1 aliphatic heterocycles. The average Bonchev–Trinajstić information content (AvgIpc) is 2.14. The maximum absolute atomic E-state index is 8.35. The van der Waals surface area contributed by atoms with Crippen LogP contribution in [0.15, 0.2) is 11.0 Å². The Labute approximate surface area is 53.4 Å². The van der Waals surface area contributed by atoms with E-state index < -0.39 is 0 Å². The predicted molar refractivity (Wildman–Crippen MR) is 35.4 cm³/mol. The highest BCUT2D eigenvalue weighted by Gasteiger charge is 2.11. The average molecular weight is 125 g/mol. The van der Waals surface area contributed by atoms with Crippen molar-refractivity contribution < 1.29 is 0 Å². The van der Waals surface area contributed by atoms with Gasteiger partial charge in [-0.25, -0.2) is 0 Å². The van der Waals surface area contributed by atoms with E-state index >= 15 is 0 Å². The van der Waals surface area contributed by atoms with Crippen molar-refractivity contribution in [3.8, 4) is 6.07 Å². The minimum absolute atomic E-state index is 0.629. The van der Waals surface area contributed by atoms with E-state index in [1.54, 1.807) is 11.8 Å². The third-order valence-corrected chi connectivity index (χ3v) is 2.15. The second-order valence-corrected chi connectivity index (χ2v) is 3.22. The van der Waals surface area contributed by atoms with Crippen LogP contribution >= 0.6 is 11.8 Å². The lowest BCUT2D eigenvalue weighted by Crippen LogP contribution is -1.86.